The Labute approximate surface area is 102 Å². The van der Waals surface area contributed by atoms with Crippen LogP contribution in [-0.4, -0.2) is 44.4 Å². The Morgan fingerprint density at radius 1 is 1.33 bits per heavy atom. The van der Waals surface area contributed by atoms with E-state index in [0.717, 1.165) is 4.31 Å². The maximum Gasteiger partial charge on any atom is 0.405 e. The average Bonchev–Trinajstić information content (AvgIpc) is 2.24. The first-order chi connectivity index (χ1) is 8.09. The zero-order valence-corrected chi connectivity index (χ0v) is 10.2. The van der Waals surface area contributed by atoms with Crippen LogP contribution >= 0.6 is 0 Å². The molecule has 0 aromatic carbocycles. The molecule has 1 amide bonds. The summed E-state index contributed by atoms with van der Waals surface area (Å²) in [6, 6.07) is 0. The Kier molecular flexibility index (Phi) is 4.56. The van der Waals surface area contributed by atoms with E-state index < -0.39 is 34.8 Å². The number of hydrogen-bond acceptors (Lipinski definition) is 3. The number of piperidine rings is 1. The van der Waals surface area contributed by atoms with Crippen LogP contribution in [0.15, 0.2) is 0 Å². The molecule has 0 atom stereocenters. The molecule has 18 heavy (non-hydrogen) atoms. The zero-order chi connectivity index (χ0) is 14.0. The Bertz CT molecular complexity index is 402. The average molecular weight is 289 g/mol. The predicted octanol–water partition coefficient (Wildman–Crippen LogP) is -0.420. The van der Waals surface area contributed by atoms with E-state index in [1.54, 1.807) is 5.32 Å². The van der Waals surface area contributed by atoms with Gasteiger partial charge < -0.3 is 5.32 Å². The number of rotatable bonds is 3. The van der Waals surface area contributed by atoms with Crippen LogP contribution < -0.4 is 10.5 Å². The van der Waals surface area contributed by atoms with E-state index in [1.807, 2.05) is 0 Å². The van der Waals surface area contributed by atoms with E-state index in [9.17, 15) is 26.4 Å². The summed E-state index contributed by atoms with van der Waals surface area (Å²) in [6.45, 7) is -1.28. The van der Waals surface area contributed by atoms with Crippen molar-refractivity contribution in [1.82, 2.24) is 9.62 Å². The van der Waals surface area contributed by atoms with E-state index >= 15 is 0 Å². The van der Waals surface area contributed by atoms with Crippen molar-refractivity contribution in [2.24, 2.45) is 11.1 Å². The molecular formula is C8H14F3N3O3S. The number of halogens is 3. The van der Waals surface area contributed by atoms with Gasteiger partial charge in [-0.05, 0) is 12.8 Å². The molecule has 6 nitrogen and oxygen atoms in total. The highest BCUT2D eigenvalue weighted by atomic mass is 32.2. The van der Waals surface area contributed by atoms with Crippen LogP contribution in [0.4, 0.5) is 13.2 Å². The molecular weight excluding hydrogens is 275 g/mol. The summed E-state index contributed by atoms with van der Waals surface area (Å²) in [7, 11) is -3.79. The quantitative estimate of drug-likeness (QED) is 0.739. The summed E-state index contributed by atoms with van der Waals surface area (Å²) < 4.78 is 58.6. The lowest BCUT2D eigenvalue weighted by molar-refractivity contribution is -0.141. The van der Waals surface area contributed by atoms with Gasteiger partial charge in [0.1, 0.15) is 6.54 Å². The molecule has 1 fully saturated rings. The topological polar surface area (TPSA) is 92.5 Å². The number of hydrogen-bond donors (Lipinski definition) is 2. The lowest BCUT2D eigenvalue weighted by Gasteiger charge is -2.29. The van der Waals surface area contributed by atoms with Crippen LogP contribution in [0.3, 0.4) is 0 Å². The maximum atomic E-state index is 11.9. The Hall–Kier alpha value is -0.870. The highest BCUT2D eigenvalue weighted by Crippen LogP contribution is 2.19. The third kappa shape index (κ3) is 4.78. The van der Waals surface area contributed by atoms with Crippen LogP contribution in [-0.2, 0) is 15.0 Å². The van der Waals surface area contributed by atoms with Crippen molar-refractivity contribution in [3.63, 3.8) is 0 Å². The van der Waals surface area contributed by atoms with E-state index in [-0.39, 0.29) is 25.9 Å². The molecule has 0 aliphatic carbocycles. The Balaban J connectivity index is 2.41. The summed E-state index contributed by atoms with van der Waals surface area (Å²) in [5.41, 5.74) is 0. The molecule has 1 heterocycles. The zero-order valence-electron chi connectivity index (χ0n) is 9.40. The van der Waals surface area contributed by atoms with Crippen LogP contribution in [0.1, 0.15) is 12.8 Å². The van der Waals surface area contributed by atoms with Crippen LogP contribution in [0.2, 0.25) is 0 Å². The summed E-state index contributed by atoms with van der Waals surface area (Å²) in [4.78, 5) is 11.4. The minimum Gasteiger partial charge on any atom is -0.347 e. The van der Waals surface area contributed by atoms with Gasteiger partial charge in [0, 0.05) is 19.0 Å². The van der Waals surface area contributed by atoms with Gasteiger partial charge in [-0.15, -0.1) is 0 Å². The highest BCUT2D eigenvalue weighted by Gasteiger charge is 2.32. The molecule has 0 aromatic rings. The second-order valence-corrected chi connectivity index (χ2v) is 5.60. The third-order valence-electron chi connectivity index (χ3n) is 2.65. The van der Waals surface area contributed by atoms with Gasteiger partial charge in [0.15, 0.2) is 0 Å². The molecule has 1 rings (SSSR count). The molecule has 0 unspecified atom stereocenters. The fraction of sp³-hybridized carbons (Fsp3) is 0.875. The SMILES string of the molecule is NS(=O)(=O)N1CCC(C(=O)NCC(F)(F)F)CC1. The Morgan fingerprint density at radius 3 is 2.22 bits per heavy atom. The molecule has 10 heteroatoms. The van der Waals surface area contributed by atoms with Gasteiger partial charge in [-0.25, -0.2) is 5.14 Å². The van der Waals surface area contributed by atoms with E-state index in [4.69, 9.17) is 5.14 Å². The molecule has 3 N–H and O–H groups in total. The molecule has 0 radical (unpaired) electrons. The van der Waals surface area contributed by atoms with Gasteiger partial charge in [0.05, 0.1) is 0 Å². The minimum absolute atomic E-state index is 0.0446. The summed E-state index contributed by atoms with van der Waals surface area (Å²) >= 11 is 0. The summed E-state index contributed by atoms with van der Waals surface area (Å²) in [5, 5.41) is 6.68. The smallest absolute Gasteiger partial charge is 0.347 e. The molecule has 0 aromatic heterocycles. The first kappa shape index (κ1) is 15.2. The molecule has 1 saturated heterocycles. The van der Waals surface area contributed by atoms with Crippen molar-refractivity contribution in [2.75, 3.05) is 19.6 Å². The molecule has 0 spiro atoms. The predicted molar refractivity (Wildman–Crippen MR) is 56.5 cm³/mol. The van der Waals surface area contributed by atoms with Crippen LogP contribution in [0.25, 0.3) is 0 Å². The van der Waals surface area contributed by atoms with Gasteiger partial charge in [-0.1, -0.05) is 0 Å². The third-order valence-corrected chi connectivity index (χ3v) is 3.73. The highest BCUT2D eigenvalue weighted by molar-refractivity contribution is 7.86. The minimum atomic E-state index is -4.45. The normalized spacial score (nSPS) is 19.8. The lowest BCUT2D eigenvalue weighted by atomic mass is 9.97. The summed E-state index contributed by atoms with van der Waals surface area (Å²) in [6.07, 6.45) is -4.11. The van der Waals surface area contributed by atoms with Gasteiger partial charge in [-0.2, -0.15) is 25.9 Å². The van der Waals surface area contributed by atoms with Crippen molar-refractivity contribution in [1.29, 1.82) is 0 Å². The summed E-state index contributed by atoms with van der Waals surface area (Å²) in [5.74, 6) is -1.31. The Morgan fingerprint density at radius 2 is 1.83 bits per heavy atom. The van der Waals surface area contributed by atoms with E-state index in [2.05, 4.69) is 0 Å². The van der Waals surface area contributed by atoms with E-state index in [1.165, 1.54) is 0 Å². The van der Waals surface area contributed by atoms with Crippen molar-refractivity contribution < 1.29 is 26.4 Å². The van der Waals surface area contributed by atoms with Crippen molar-refractivity contribution >= 4 is 16.1 Å². The van der Waals surface area contributed by atoms with Gasteiger partial charge in [0.2, 0.25) is 5.91 Å². The van der Waals surface area contributed by atoms with Crippen LogP contribution in [0.5, 0.6) is 0 Å². The van der Waals surface area contributed by atoms with Crippen molar-refractivity contribution in [3.05, 3.63) is 0 Å². The van der Waals surface area contributed by atoms with Gasteiger partial charge >= 0.3 is 6.18 Å². The largest absolute Gasteiger partial charge is 0.405 e. The molecule has 1 aliphatic rings. The fourth-order valence-corrected chi connectivity index (χ4v) is 2.42. The first-order valence-corrected chi connectivity index (χ1v) is 6.72. The first-order valence-electron chi connectivity index (χ1n) is 5.22. The number of nitrogens with zero attached hydrogens (tertiary/aromatic N) is 1. The maximum absolute atomic E-state index is 11.9. The van der Waals surface area contributed by atoms with Crippen LogP contribution in [0, 0.1) is 5.92 Å². The van der Waals surface area contributed by atoms with Crippen molar-refractivity contribution in [3.8, 4) is 0 Å². The van der Waals surface area contributed by atoms with Gasteiger partial charge in [-0.3, -0.25) is 4.79 Å². The molecule has 0 bridgehead atoms. The number of alkyl halides is 3. The molecule has 0 saturated carbocycles. The fourth-order valence-electron chi connectivity index (χ4n) is 1.70. The number of carbonyl (C=O) groups is 1. The number of carbonyl (C=O) groups excluding carboxylic acids is 1. The second kappa shape index (κ2) is 5.41. The number of amides is 1. The number of nitrogens with two attached hydrogens (primary N) is 1. The lowest BCUT2D eigenvalue weighted by Crippen LogP contribution is -2.46. The monoisotopic (exact) mass is 289 g/mol. The second-order valence-electron chi connectivity index (χ2n) is 4.05. The number of nitrogens with one attached hydrogen (secondary N) is 1. The molecule has 1 aliphatic heterocycles. The van der Waals surface area contributed by atoms with Gasteiger partial charge in [0.25, 0.3) is 10.2 Å². The van der Waals surface area contributed by atoms with E-state index in [0.29, 0.717) is 0 Å². The molecule has 106 valence electrons. The standard InChI is InChI=1S/C8H14F3N3O3S/c9-8(10,11)5-13-7(15)6-1-3-14(4-2-6)18(12,16)17/h6H,1-5H2,(H,13,15)(H2,12,16,17). The van der Waals surface area contributed by atoms with Crippen molar-refractivity contribution in [2.45, 2.75) is 19.0 Å².